The van der Waals surface area contributed by atoms with Crippen molar-refractivity contribution < 1.29 is 4.79 Å². The van der Waals surface area contributed by atoms with Gasteiger partial charge in [0.25, 0.3) is 5.91 Å². The van der Waals surface area contributed by atoms with Gasteiger partial charge < -0.3 is 14.8 Å². The van der Waals surface area contributed by atoms with Gasteiger partial charge in [0, 0.05) is 43.4 Å². The lowest BCUT2D eigenvalue weighted by atomic mass is 10.1. The van der Waals surface area contributed by atoms with Gasteiger partial charge in [-0.25, -0.2) is 4.98 Å². The van der Waals surface area contributed by atoms with E-state index < -0.39 is 0 Å². The van der Waals surface area contributed by atoms with Crippen molar-refractivity contribution in [3.8, 4) is 5.69 Å². The van der Waals surface area contributed by atoms with Gasteiger partial charge in [0.15, 0.2) is 0 Å². The first-order chi connectivity index (χ1) is 12.0. The van der Waals surface area contributed by atoms with E-state index in [-0.39, 0.29) is 11.9 Å². The Labute approximate surface area is 147 Å². The number of imidazole rings is 1. The number of carbonyl (C=O) groups is 1. The molecule has 2 aromatic carbocycles. The van der Waals surface area contributed by atoms with Crippen molar-refractivity contribution in [1.82, 2.24) is 14.9 Å². The Morgan fingerprint density at radius 2 is 1.76 bits per heavy atom. The number of hydrogen-bond donors (Lipinski definition) is 1. The van der Waals surface area contributed by atoms with Crippen LogP contribution in [-0.4, -0.2) is 29.6 Å². The van der Waals surface area contributed by atoms with Crippen LogP contribution in [0.4, 0.5) is 5.69 Å². The monoisotopic (exact) mass is 334 g/mol. The average Bonchev–Trinajstić information content (AvgIpc) is 3.16. The molecule has 1 atom stereocenters. The van der Waals surface area contributed by atoms with Gasteiger partial charge in [-0.1, -0.05) is 12.1 Å². The molecule has 0 bridgehead atoms. The molecule has 0 aliphatic carbocycles. The van der Waals surface area contributed by atoms with E-state index in [4.69, 9.17) is 0 Å². The summed E-state index contributed by atoms with van der Waals surface area (Å²) in [5.74, 6) is -0.0727. The minimum absolute atomic E-state index is 0.0714. The fourth-order valence-corrected chi connectivity index (χ4v) is 2.62. The summed E-state index contributed by atoms with van der Waals surface area (Å²) in [5, 5.41) is 3.04. The van der Waals surface area contributed by atoms with Gasteiger partial charge in [0.05, 0.1) is 12.4 Å². The molecule has 5 nitrogen and oxygen atoms in total. The molecule has 0 aliphatic rings. The van der Waals surface area contributed by atoms with E-state index in [1.54, 1.807) is 12.5 Å². The third kappa shape index (κ3) is 3.88. The number of benzene rings is 2. The largest absolute Gasteiger partial charge is 0.378 e. The smallest absolute Gasteiger partial charge is 0.251 e. The fourth-order valence-electron chi connectivity index (χ4n) is 2.62. The zero-order valence-electron chi connectivity index (χ0n) is 14.7. The van der Waals surface area contributed by atoms with Crippen LogP contribution in [0.3, 0.4) is 0 Å². The summed E-state index contributed by atoms with van der Waals surface area (Å²) in [7, 11) is 3.95. The first kappa shape index (κ1) is 16.8. The van der Waals surface area contributed by atoms with E-state index in [1.165, 1.54) is 0 Å². The van der Waals surface area contributed by atoms with Gasteiger partial charge >= 0.3 is 0 Å². The normalized spacial score (nSPS) is 11.8. The minimum Gasteiger partial charge on any atom is -0.378 e. The molecule has 3 aromatic rings. The summed E-state index contributed by atoms with van der Waals surface area (Å²) in [6.07, 6.45) is 5.41. The van der Waals surface area contributed by atoms with E-state index >= 15 is 0 Å². The zero-order chi connectivity index (χ0) is 17.8. The van der Waals surface area contributed by atoms with E-state index in [0.29, 0.717) is 5.56 Å². The Bertz CT molecular complexity index is 821. The number of nitrogens with zero attached hydrogens (tertiary/aromatic N) is 3. The lowest BCUT2D eigenvalue weighted by molar-refractivity contribution is 0.0940. The van der Waals surface area contributed by atoms with Crippen LogP contribution in [-0.2, 0) is 0 Å². The molecule has 1 unspecified atom stereocenters. The van der Waals surface area contributed by atoms with Crippen LogP contribution in [0.5, 0.6) is 0 Å². The molecule has 0 radical (unpaired) electrons. The number of amides is 1. The van der Waals surface area contributed by atoms with Crippen LogP contribution >= 0.6 is 0 Å². The van der Waals surface area contributed by atoms with E-state index in [1.807, 2.05) is 85.2 Å². The second kappa shape index (κ2) is 7.21. The molecule has 128 valence electrons. The number of hydrogen-bond acceptors (Lipinski definition) is 3. The molecule has 1 heterocycles. The average molecular weight is 334 g/mol. The third-order valence-electron chi connectivity index (χ3n) is 4.19. The SMILES string of the molecule is CC(NC(=O)c1ccc(N(C)C)cc1)c1ccc(-n2ccnc2)cc1. The van der Waals surface area contributed by atoms with E-state index in [2.05, 4.69) is 10.3 Å². The van der Waals surface area contributed by atoms with Crippen molar-refractivity contribution >= 4 is 11.6 Å². The maximum atomic E-state index is 12.4. The van der Waals surface area contributed by atoms with E-state index in [9.17, 15) is 4.79 Å². The van der Waals surface area contributed by atoms with Crippen LogP contribution in [0.15, 0.2) is 67.3 Å². The fraction of sp³-hybridized carbons (Fsp3) is 0.200. The summed E-state index contributed by atoms with van der Waals surface area (Å²) in [6, 6.07) is 15.6. The molecular formula is C20H22N4O. The van der Waals surface area contributed by atoms with Crippen molar-refractivity contribution in [2.24, 2.45) is 0 Å². The molecule has 0 aliphatic heterocycles. The molecule has 0 spiro atoms. The lowest BCUT2D eigenvalue weighted by Crippen LogP contribution is -2.26. The van der Waals surface area contributed by atoms with Crippen molar-refractivity contribution in [3.63, 3.8) is 0 Å². The molecular weight excluding hydrogens is 312 g/mol. The lowest BCUT2D eigenvalue weighted by Gasteiger charge is -2.16. The summed E-state index contributed by atoms with van der Waals surface area (Å²) < 4.78 is 1.94. The minimum atomic E-state index is -0.0727. The molecule has 3 rings (SSSR count). The van der Waals surface area contributed by atoms with Gasteiger partial charge in [-0.2, -0.15) is 0 Å². The molecule has 1 aromatic heterocycles. The number of nitrogens with one attached hydrogen (secondary N) is 1. The highest BCUT2D eigenvalue weighted by atomic mass is 16.1. The van der Waals surface area contributed by atoms with Gasteiger partial charge in [-0.15, -0.1) is 0 Å². The van der Waals surface area contributed by atoms with Crippen LogP contribution in [0.1, 0.15) is 28.9 Å². The Morgan fingerprint density at radius 1 is 1.08 bits per heavy atom. The summed E-state index contributed by atoms with van der Waals surface area (Å²) in [6.45, 7) is 1.98. The third-order valence-corrected chi connectivity index (χ3v) is 4.19. The van der Waals surface area contributed by atoms with Gasteiger partial charge in [-0.3, -0.25) is 4.79 Å². The zero-order valence-corrected chi connectivity index (χ0v) is 14.7. The Morgan fingerprint density at radius 3 is 2.32 bits per heavy atom. The number of rotatable bonds is 5. The predicted octanol–water partition coefficient (Wildman–Crippen LogP) is 3.43. The van der Waals surface area contributed by atoms with Crippen molar-refractivity contribution in [3.05, 3.63) is 78.4 Å². The second-order valence-corrected chi connectivity index (χ2v) is 6.20. The molecule has 5 heteroatoms. The maximum absolute atomic E-state index is 12.4. The first-order valence-corrected chi connectivity index (χ1v) is 8.21. The topological polar surface area (TPSA) is 50.2 Å². The predicted molar refractivity (Wildman–Crippen MR) is 100 cm³/mol. The molecule has 0 fully saturated rings. The molecule has 1 N–H and O–H groups in total. The molecule has 0 saturated heterocycles. The highest BCUT2D eigenvalue weighted by molar-refractivity contribution is 5.94. The van der Waals surface area contributed by atoms with Crippen LogP contribution in [0.2, 0.25) is 0 Å². The number of anilines is 1. The summed E-state index contributed by atoms with van der Waals surface area (Å²) >= 11 is 0. The highest BCUT2D eigenvalue weighted by Crippen LogP contribution is 2.17. The summed E-state index contributed by atoms with van der Waals surface area (Å²) in [5.41, 5.74) is 3.83. The van der Waals surface area contributed by atoms with Gasteiger partial charge in [0.2, 0.25) is 0 Å². The highest BCUT2D eigenvalue weighted by Gasteiger charge is 2.12. The van der Waals surface area contributed by atoms with Crippen molar-refractivity contribution in [2.45, 2.75) is 13.0 Å². The second-order valence-electron chi connectivity index (χ2n) is 6.20. The quantitative estimate of drug-likeness (QED) is 0.778. The number of aromatic nitrogens is 2. The Kier molecular flexibility index (Phi) is 4.84. The standard InChI is InChI=1S/C20H22N4O/c1-15(16-4-10-19(11-5-16)24-13-12-21-14-24)22-20(25)17-6-8-18(9-7-17)23(2)3/h4-15H,1-3H3,(H,22,25). The van der Waals surface area contributed by atoms with E-state index in [0.717, 1.165) is 16.9 Å². The van der Waals surface area contributed by atoms with Crippen LogP contribution in [0.25, 0.3) is 5.69 Å². The first-order valence-electron chi connectivity index (χ1n) is 8.21. The molecule has 25 heavy (non-hydrogen) atoms. The van der Waals surface area contributed by atoms with Crippen molar-refractivity contribution in [1.29, 1.82) is 0 Å². The Balaban J connectivity index is 1.66. The van der Waals surface area contributed by atoms with Crippen LogP contribution < -0.4 is 10.2 Å². The van der Waals surface area contributed by atoms with Crippen LogP contribution in [0, 0.1) is 0 Å². The molecule has 1 amide bonds. The van der Waals surface area contributed by atoms with Gasteiger partial charge in [0.1, 0.15) is 0 Å². The van der Waals surface area contributed by atoms with Crippen molar-refractivity contribution in [2.75, 3.05) is 19.0 Å². The number of carbonyl (C=O) groups excluding carboxylic acids is 1. The summed E-state index contributed by atoms with van der Waals surface area (Å²) in [4.78, 5) is 18.5. The van der Waals surface area contributed by atoms with Gasteiger partial charge in [-0.05, 0) is 48.9 Å². The maximum Gasteiger partial charge on any atom is 0.251 e. The Hall–Kier alpha value is -3.08. The molecule has 0 saturated carbocycles.